The molecule has 21 heavy (non-hydrogen) atoms. The van der Waals surface area contributed by atoms with Crippen LogP contribution in [0.15, 0.2) is 18.2 Å². The number of benzene rings is 1. The van der Waals surface area contributed by atoms with Crippen molar-refractivity contribution in [1.82, 2.24) is 20.2 Å². The predicted molar refractivity (Wildman–Crippen MR) is 80.9 cm³/mol. The maximum absolute atomic E-state index is 6.12. The summed E-state index contributed by atoms with van der Waals surface area (Å²) in [6.45, 7) is 2.30. The van der Waals surface area contributed by atoms with E-state index in [0.29, 0.717) is 23.3 Å². The van der Waals surface area contributed by atoms with E-state index in [1.165, 1.54) is 12.8 Å². The Morgan fingerprint density at radius 2 is 2.00 bits per heavy atom. The minimum absolute atomic E-state index is 0.343. The molecular weight excluding hydrogens is 266 g/mol. The second-order valence-electron chi connectivity index (χ2n) is 5.79. The fourth-order valence-electron chi connectivity index (χ4n) is 3.05. The van der Waals surface area contributed by atoms with Crippen molar-refractivity contribution in [2.75, 3.05) is 12.8 Å². The summed E-state index contributed by atoms with van der Waals surface area (Å²) in [5.74, 6) is 2.19. The molecule has 0 amide bonds. The second-order valence-corrected chi connectivity index (χ2v) is 5.79. The predicted octanol–water partition coefficient (Wildman–Crippen LogP) is 2.68. The Morgan fingerprint density at radius 3 is 2.71 bits per heavy atom. The topological polar surface area (TPSA) is 78.8 Å². The zero-order valence-corrected chi connectivity index (χ0v) is 12.5. The lowest BCUT2D eigenvalue weighted by molar-refractivity contribution is 0.272. The van der Waals surface area contributed by atoms with Gasteiger partial charge in [-0.25, -0.2) is 4.68 Å². The van der Waals surface area contributed by atoms with E-state index in [9.17, 15) is 0 Å². The second kappa shape index (κ2) is 5.71. The van der Waals surface area contributed by atoms with Gasteiger partial charge in [-0.3, -0.25) is 0 Å². The van der Waals surface area contributed by atoms with Gasteiger partial charge in [-0.2, -0.15) is 0 Å². The van der Waals surface area contributed by atoms with Gasteiger partial charge < -0.3 is 10.5 Å². The first-order valence-electron chi connectivity index (χ1n) is 7.41. The van der Waals surface area contributed by atoms with Crippen molar-refractivity contribution in [3.63, 3.8) is 0 Å². The molecule has 3 rings (SSSR count). The van der Waals surface area contributed by atoms with Gasteiger partial charge in [0.2, 0.25) is 0 Å². The summed E-state index contributed by atoms with van der Waals surface area (Å²) in [6, 6.07) is 5.94. The number of ether oxygens (including phenoxy) is 1. The molecule has 1 aromatic heterocycles. The quantitative estimate of drug-likeness (QED) is 0.878. The van der Waals surface area contributed by atoms with Gasteiger partial charge in [-0.15, -0.1) is 5.10 Å². The number of aromatic nitrogens is 4. The van der Waals surface area contributed by atoms with Crippen molar-refractivity contribution in [2.45, 2.75) is 38.6 Å². The largest absolute Gasteiger partial charge is 0.496 e. The standard InChI is InChI=1S/C15H21N5O/c1-10-6-8-11(9-7-10)20-15(17-18-19-20)14-12(16)4-3-5-13(14)21-2/h3-5,10-11H,6-9,16H2,1-2H3. The van der Waals surface area contributed by atoms with E-state index in [1.54, 1.807) is 7.11 Å². The molecule has 0 atom stereocenters. The molecule has 2 aromatic rings. The number of nitrogens with two attached hydrogens (primary N) is 1. The Labute approximate surface area is 124 Å². The summed E-state index contributed by atoms with van der Waals surface area (Å²) < 4.78 is 7.34. The first-order chi connectivity index (χ1) is 10.2. The zero-order valence-electron chi connectivity index (χ0n) is 12.5. The monoisotopic (exact) mass is 287 g/mol. The molecule has 0 unspecified atom stereocenters. The SMILES string of the molecule is COc1cccc(N)c1-c1nnnn1C1CCC(C)CC1. The van der Waals surface area contributed by atoms with Crippen molar-refractivity contribution < 1.29 is 4.74 Å². The van der Waals surface area contributed by atoms with Crippen LogP contribution in [0.3, 0.4) is 0 Å². The van der Waals surface area contributed by atoms with Crippen LogP contribution in [-0.4, -0.2) is 27.3 Å². The van der Waals surface area contributed by atoms with Crippen LogP contribution in [0.5, 0.6) is 5.75 Å². The van der Waals surface area contributed by atoms with Crippen LogP contribution in [-0.2, 0) is 0 Å². The first kappa shape index (κ1) is 13.9. The van der Waals surface area contributed by atoms with Crippen LogP contribution >= 0.6 is 0 Å². The average Bonchev–Trinajstić information content (AvgIpc) is 2.96. The Balaban J connectivity index is 2.00. The molecule has 2 N–H and O–H groups in total. The summed E-state index contributed by atoms with van der Waals surface area (Å²) in [5, 5.41) is 12.3. The van der Waals surface area contributed by atoms with Gasteiger partial charge in [-0.1, -0.05) is 13.0 Å². The molecule has 1 fully saturated rings. The Kier molecular flexibility index (Phi) is 3.77. The average molecular weight is 287 g/mol. The third-order valence-corrected chi connectivity index (χ3v) is 4.33. The van der Waals surface area contributed by atoms with E-state index < -0.39 is 0 Å². The lowest BCUT2D eigenvalue weighted by atomic mass is 9.87. The van der Waals surface area contributed by atoms with E-state index >= 15 is 0 Å². The molecule has 6 nitrogen and oxygen atoms in total. The van der Waals surface area contributed by atoms with Gasteiger partial charge in [0, 0.05) is 5.69 Å². The number of anilines is 1. The number of hydrogen-bond donors (Lipinski definition) is 1. The lowest BCUT2D eigenvalue weighted by Crippen LogP contribution is -2.19. The minimum Gasteiger partial charge on any atom is -0.496 e. The minimum atomic E-state index is 0.343. The third-order valence-electron chi connectivity index (χ3n) is 4.33. The molecular formula is C15H21N5O. The lowest BCUT2D eigenvalue weighted by Gasteiger charge is -2.26. The summed E-state index contributed by atoms with van der Waals surface area (Å²) in [7, 11) is 1.63. The first-order valence-corrected chi connectivity index (χ1v) is 7.41. The number of rotatable bonds is 3. The van der Waals surface area contributed by atoms with Crippen molar-refractivity contribution in [1.29, 1.82) is 0 Å². The molecule has 112 valence electrons. The highest BCUT2D eigenvalue weighted by Crippen LogP contribution is 2.37. The maximum Gasteiger partial charge on any atom is 0.188 e. The van der Waals surface area contributed by atoms with Crippen LogP contribution in [0.25, 0.3) is 11.4 Å². The fraction of sp³-hybridized carbons (Fsp3) is 0.533. The van der Waals surface area contributed by atoms with Crippen molar-refractivity contribution in [3.05, 3.63) is 18.2 Å². The zero-order chi connectivity index (χ0) is 14.8. The molecule has 0 radical (unpaired) electrons. The Morgan fingerprint density at radius 1 is 1.24 bits per heavy atom. The van der Waals surface area contributed by atoms with Gasteiger partial charge in [0.05, 0.1) is 18.7 Å². The molecule has 1 aliphatic rings. The number of tetrazole rings is 1. The molecule has 1 aliphatic carbocycles. The molecule has 1 heterocycles. The summed E-state index contributed by atoms with van der Waals surface area (Å²) in [6.07, 6.45) is 4.64. The van der Waals surface area contributed by atoms with Gasteiger partial charge in [-0.05, 0) is 54.2 Å². The number of nitrogens with zero attached hydrogens (tertiary/aromatic N) is 4. The summed E-state index contributed by atoms with van der Waals surface area (Å²) >= 11 is 0. The van der Waals surface area contributed by atoms with Crippen LogP contribution in [0, 0.1) is 5.92 Å². The molecule has 1 aromatic carbocycles. The fourth-order valence-corrected chi connectivity index (χ4v) is 3.05. The van der Waals surface area contributed by atoms with Gasteiger partial charge in [0.15, 0.2) is 5.82 Å². The molecule has 0 aliphatic heterocycles. The van der Waals surface area contributed by atoms with Crippen LogP contribution in [0.1, 0.15) is 38.6 Å². The maximum atomic E-state index is 6.12. The molecule has 1 saturated carbocycles. The highest BCUT2D eigenvalue weighted by atomic mass is 16.5. The number of hydrogen-bond acceptors (Lipinski definition) is 5. The molecule has 0 spiro atoms. The van der Waals surface area contributed by atoms with Crippen molar-refractivity contribution in [3.8, 4) is 17.1 Å². The number of methoxy groups -OCH3 is 1. The van der Waals surface area contributed by atoms with E-state index in [2.05, 4.69) is 22.4 Å². The van der Waals surface area contributed by atoms with E-state index in [0.717, 1.165) is 24.3 Å². The highest BCUT2D eigenvalue weighted by molar-refractivity contribution is 5.77. The van der Waals surface area contributed by atoms with Crippen molar-refractivity contribution >= 4 is 5.69 Å². The molecule has 6 heteroatoms. The number of nitrogen functional groups attached to an aromatic ring is 1. The Hall–Kier alpha value is -2.11. The van der Waals surface area contributed by atoms with Gasteiger partial charge >= 0.3 is 0 Å². The molecule has 0 bridgehead atoms. The van der Waals surface area contributed by atoms with Gasteiger partial charge in [0.25, 0.3) is 0 Å². The highest BCUT2D eigenvalue weighted by Gasteiger charge is 2.25. The molecule has 0 saturated heterocycles. The van der Waals surface area contributed by atoms with E-state index in [4.69, 9.17) is 10.5 Å². The third kappa shape index (κ3) is 2.57. The van der Waals surface area contributed by atoms with Crippen molar-refractivity contribution in [2.24, 2.45) is 5.92 Å². The normalized spacial score (nSPS) is 22.2. The van der Waals surface area contributed by atoms with Gasteiger partial charge in [0.1, 0.15) is 5.75 Å². The van der Waals surface area contributed by atoms with Crippen LogP contribution < -0.4 is 10.5 Å². The summed E-state index contributed by atoms with van der Waals surface area (Å²) in [4.78, 5) is 0. The van der Waals surface area contributed by atoms with E-state index in [1.807, 2.05) is 22.9 Å². The Bertz CT molecular complexity index is 616. The van der Waals surface area contributed by atoms with Crippen LogP contribution in [0.2, 0.25) is 0 Å². The summed E-state index contributed by atoms with van der Waals surface area (Å²) in [5.41, 5.74) is 7.53. The van der Waals surface area contributed by atoms with Crippen LogP contribution in [0.4, 0.5) is 5.69 Å². The van der Waals surface area contributed by atoms with E-state index in [-0.39, 0.29) is 0 Å². The smallest absolute Gasteiger partial charge is 0.188 e.